The topological polar surface area (TPSA) is 35.2 Å². The minimum absolute atomic E-state index is 0.0885. The number of nitrogens with two attached hydrogens (primary N) is 1. The highest BCUT2D eigenvalue weighted by Crippen LogP contribution is 2.33. The van der Waals surface area contributed by atoms with Gasteiger partial charge >= 0.3 is 0 Å². The number of halogens is 2. The van der Waals surface area contributed by atoms with Crippen LogP contribution < -0.4 is 10.5 Å². The molecule has 4 heteroatoms. The molecule has 14 heavy (non-hydrogen) atoms. The third kappa shape index (κ3) is 2.62. The Morgan fingerprint density at radius 1 is 1.43 bits per heavy atom. The minimum Gasteiger partial charge on any atom is -0.492 e. The summed E-state index contributed by atoms with van der Waals surface area (Å²) in [5.41, 5.74) is 5.81. The van der Waals surface area contributed by atoms with E-state index in [-0.39, 0.29) is 5.54 Å². The molecular weight excluding hydrogens is 265 g/mol. The highest BCUT2D eigenvalue weighted by molar-refractivity contribution is 9.10. The van der Waals surface area contributed by atoms with Gasteiger partial charge in [0.15, 0.2) is 0 Å². The van der Waals surface area contributed by atoms with Gasteiger partial charge in [-0.05, 0) is 31.0 Å². The van der Waals surface area contributed by atoms with Crippen LogP contribution in [0.2, 0.25) is 5.02 Å². The van der Waals surface area contributed by atoms with Gasteiger partial charge in [-0.25, -0.2) is 0 Å². The number of ether oxygens (including phenoxy) is 1. The van der Waals surface area contributed by atoms with Crippen LogP contribution in [0.15, 0.2) is 22.7 Å². The zero-order valence-electron chi connectivity index (χ0n) is 7.59. The van der Waals surface area contributed by atoms with Crippen molar-refractivity contribution in [3.05, 3.63) is 27.7 Å². The smallest absolute Gasteiger partial charge is 0.122 e. The number of hydrogen-bond donors (Lipinski definition) is 1. The van der Waals surface area contributed by atoms with E-state index in [1.165, 1.54) is 0 Å². The van der Waals surface area contributed by atoms with Crippen molar-refractivity contribution in [1.82, 2.24) is 0 Å². The fourth-order valence-electron chi connectivity index (χ4n) is 1.14. The standard InChI is InChI=1S/C10H11BrClNO/c11-7-3-8(12)5-9(4-7)14-6-10(13)1-2-10/h3-5H,1-2,6,13H2. The Morgan fingerprint density at radius 2 is 2.14 bits per heavy atom. The normalized spacial score (nSPS) is 17.9. The van der Waals surface area contributed by atoms with E-state index < -0.39 is 0 Å². The molecule has 0 saturated heterocycles. The molecule has 0 atom stereocenters. The quantitative estimate of drug-likeness (QED) is 0.921. The first kappa shape index (κ1) is 10.3. The number of rotatable bonds is 3. The highest BCUT2D eigenvalue weighted by atomic mass is 79.9. The van der Waals surface area contributed by atoms with Crippen LogP contribution in [0.25, 0.3) is 0 Å². The zero-order valence-corrected chi connectivity index (χ0v) is 9.94. The molecule has 2 nitrogen and oxygen atoms in total. The van der Waals surface area contributed by atoms with Crippen LogP contribution >= 0.6 is 27.5 Å². The summed E-state index contributed by atoms with van der Waals surface area (Å²) in [5.74, 6) is 0.765. The van der Waals surface area contributed by atoms with Gasteiger partial charge in [-0.1, -0.05) is 27.5 Å². The molecule has 1 fully saturated rings. The van der Waals surface area contributed by atoms with E-state index in [9.17, 15) is 0 Å². The second-order valence-electron chi connectivity index (χ2n) is 3.76. The molecule has 0 radical (unpaired) electrons. The van der Waals surface area contributed by atoms with Gasteiger partial charge in [0.2, 0.25) is 0 Å². The molecule has 1 aliphatic carbocycles. The van der Waals surface area contributed by atoms with Crippen LogP contribution in [-0.4, -0.2) is 12.1 Å². The van der Waals surface area contributed by atoms with Gasteiger partial charge in [-0.3, -0.25) is 0 Å². The van der Waals surface area contributed by atoms with Crippen molar-refractivity contribution in [3.63, 3.8) is 0 Å². The fraction of sp³-hybridized carbons (Fsp3) is 0.400. The molecule has 2 N–H and O–H groups in total. The van der Waals surface area contributed by atoms with Gasteiger partial charge in [-0.15, -0.1) is 0 Å². The highest BCUT2D eigenvalue weighted by Gasteiger charge is 2.39. The van der Waals surface area contributed by atoms with E-state index in [1.807, 2.05) is 12.1 Å². The monoisotopic (exact) mass is 275 g/mol. The third-order valence-electron chi connectivity index (χ3n) is 2.25. The summed E-state index contributed by atoms with van der Waals surface area (Å²) < 4.78 is 6.47. The molecule has 0 aromatic heterocycles. The molecule has 0 heterocycles. The number of benzene rings is 1. The van der Waals surface area contributed by atoms with Crippen molar-refractivity contribution in [1.29, 1.82) is 0 Å². The summed E-state index contributed by atoms with van der Waals surface area (Å²) in [6, 6.07) is 5.50. The van der Waals surface area contributed by atoms with Gasteiger partial charge in [0, 0.05) is 9.50 Å². The van der Waals surface area contributed by atoms with E-state index in [4.69, 9.17) is 22.1 Å². The van der Waals surface area contributed by atoms with Crippen LogP contribution in [0.4, 0.5) is 0 Å². The Hall–Kier alpha value is -0.250. The Balaban J connectivity index is 2.01. The molecule has 0 unspecified atom stereocenters. The van der Waals surface area contributed by atoms with E-state index in [2.05, 4.69) is 15.9 Å². The summed E-state index contributed by atoms with van der Waals surface area (Å²) in [6.45, 7) is 0.569. The van der Waals surface area contributed by atoms with Gasteiger partial charge in [0.25, 0.3) is 0 Å². The van der Waals surface area contributed by atoms with Gasteiger partial charge in [0.1, 0.15) is 12.4 Å². The van der Waals surface area contributed by atoms with Crippen LogP contribution in [0, 0.1) is 0 Å². The molecule has 1 aromatic carbocycles. The second-order valence-corrected chi connectivity index (χ2v) is 5.11. The fourth-order valence-corrected chi connectivity index (χ4v) is 1.97. The van der Waals surface area contributed by atoms with Crippen molar-refractivity contribution < 1.29 is 4.74 Å². The lowest BCUT2D eigenvalue weighted by Gasteiger charge is -2.11. The van der Waals surface area contributed by atoms with E-state index >= 15 is 0 Å². The van der Waals surface area contributed by atoms with Gasteiger partial charge < -0.3 is 10.5 Å². The molecule has 1 aromatic rings. The largest absolute Gasteiger partial charge is 0.492 e. The van der Waals surface area contributed by atoms with E-state index in [0.717, 1.165) is 23.1 Å². The average Bonchev–Trinajstić information content (AvgIpc) is 2.80. The van der Waals surface area contributed by atoms with Gasteiger partial charge in [0.05, 0.1) is 5.54 Å². The SMILES string of the molecule is NC1(COc2cc(Cl)cc(Br)c2)CC1. The maximum atomic E-state index is 5.90. The first-order chi connectivity index (χ1) is 6.57. The second kappa shape index (κ2) is 3.72. The molecule has 1 aliphatic rings. The lowest BCUT2D eigenvalue weighted by molar-refractivity contribution is 0.279. The van der Waals surface area contributed by atoms with E-state index in [1.54, 1.807) is 6.07 Å². The Bertz CT molecular complexity index is 332. The average molecular weight is 277 g/mol. The summed E-state index contributed by atoms with van der Waals surface area (Å²) in [5, 5.41) is 0.663. The Labute approximate surface area is 96.5 Å². The lowest BCUT2D eigenvalue weighted by atomic mass is 10.3. The molecule has 0 spiro atoms. The lowest BCUT2D eigenvalue weighted by Crippen LogP contribution is -2.29. The van der Waals surface area contributed by atoms with Crippen LogP contribution in [0.3, 0.4) is 0 Å². The molecule has 2 rings (SSSR count). The number of hydrogen-bond acceptors (Lipinski definition) is 2. The van der Waals surface area contributed by atoms with Crippen molar-refractivity contribution in [2.75, 3.05) is 6.61 Å². The maximum Gasteiger partial charge on any atom is 0.122 e. The van der Waals surface area contributed by atoms with Crippen molar-refractivity contribution in [2.24, 2.45) is 5.73 Å². The maximum absolute atomic E-state index is 5.90. The summed E-state index contributed by atoms with van der Waals surface area (Å²) in [4.78, 5) is 0. The van der Waals surface area contributed by atoms with Crippen molar-refractivity contribution in [2.45, 2.75) is 18.4 Å². The third-order valence-corrected chi connectivity index (χ3v) is 2.93. The van der Waals surface area contributed by atoms with Crippen molar-refractivity contribution in [3.8, 4) is 5.75 Å². The Morgan fingerprint density at radius 3 is 2.71 bits per heavy atom. The molecule has 0 bridgehead atoms. The molecule has 0 amide bonds. The molecule has 0 aliphatic heterocycles. The molecule has 76 valence electrons. The summed E-state index contributed by atoms with van der Waals surface area (Å²) in [6.07, 6.45) is 2.10. The van der Waals surface area contributed by atoms with E-state index in [0.29, 0.717) is 11.6 Å². The van der Waals surface area contributed by atoms with Gasteiger partial charge in [-0.2, -0.15) is 0 Å². The van der Waals surface area contributed by atoms with Crippen LogP contribution in [0.1, 0.15) is 12.8 Å². The zero-order chi connectivity index (χ0) is 10.2. The first-order valence-electron chi connectivity index (χ1n) is 4.45. The Kier molecular flexibility index (Phi) is 2.73. The summed E-state index contributed by atoms with van der Waals surface area (Å²) in [7, 11) is 0. The molecular formula is C10H11BrClNO. The predicted octanol–water partition coefficient (Wildman–Crippen LogP) is 2.97. The first-order valence-corrected chi connectivity index (χ1v) is 5.62. The van der Waals surface area contributed by atoms with Crippen LogP contribution in [-0.2, 0) is 0 Å². The minimum atomic E-state index is -0.0885. The summed E-state index contributed by atoms with van der Waals surface area (Å²) >= 11 is 9.23. The van der Waals surface area contributed by atoms with Crippen LogP contribution in [0.5, 0.6) is 5.75 Å². The molecule has 1 saturated carbocycles. The van der Waals surface area contributed by atoms with Crippen molar-refractivity contribution >= 4 is 27.5 Å². The predicted molar refractivity (Wildman–Crippen MR) is 60.8 cm³/mol.